The molecule has 1 aromatic carbocycles. The van der Waals surface area contributed by atoms with Crippen molar-refractivity contribution in [2.75, 3.05) is 26.2 Å². The van der Waals surface area contributed by atoms with Crippen LogP contribution in [0.15, 0.2) is 29.3 Å². The summed E-state index contributed by atoms with van der Waals surface area (Å²) >= 11 is 0. The Balaban J connectivity index is 2.48. The van der Waals surface area contributed by atoms with Gasteiger partial charge in [0.15, 0.2) is 5.96 Å². The first-order chi connectivity index (χ1) is 12.6. The van der Waals surface area contributed by atoms with E-state index in [1.165, 1.54) is 5.56 Å². The number of guanidine groups is 1. The molecule has 0 saturated carbocycles. The fourth-order valence-electron chi connectivity index (χ4n) is 2.81. The number of aliphatic hydroxyl groups is 1. The van der Waals surface area contributed by atoms with E-state index in [1.807, 2.05) is 26.0 Å². The van der Waals surface area contributed by atoms with Crippen LogP contribution in [0.3, 0.4) is 0 Å². The predicted molar refractivity (Wildman–Crippen MR) is 110 cm³/mol. The highest BCUT2D eigenvalue weighted by Gasteiger charge is 2.07. The molecule has 3 N–H and O–H groups in total. The normalized spacial score (nSPS) is 12.9. The Kier molecular flexibility index (Phi) is 11.5. The summed E-state index contributed by atoms with van der Waals surface area (Å²) in [4.78, 5) is 4.69. The van der Waals surface area contributed by atoms with Gasteiger partial charge in [0.05, 0.1) is 6.10 Å². The molecule has 0 aliphatic carbocycles. The van der Waals surface area contributed by atoms with Crippen LogP contribution in [0.25, 0.3) is 0 Å². The summed E-state index contributed by atoms with van der Waals surface area (Å²) in [6.45, 7) is 11.0. The van der Waals surface area contributed by atoms with Gasteiger partial charge in [0.25, 0.3) is 0 Å². The average molecular weight is 364 g/mol. The molecule has 1 rings (SSSR count). The van der Waals surface area contributed by atoms with Gasteiger partial charge < -0.3 is 20.5 Å². The largest absolute Gasteiger partial charge is 0.491 e. The van der Waals surface area contributed by atoms with E-state index in [0.29, 0.717) is 5.92 Å². The second-order valence-electron chi connectivity index (χ2n) is 6.87. The lowest BCUT2D eigenvalue weighted by molar-refractivity contribution is 0.242. The Bertz CT molecular complexity index is 494. The van der Waals surface area contributed by atoms with E-state index in [1.54, 1.807) is 0 Å². The summed E-state index contributed by atoms with van der Waals surface area (Å²) in [5.74, 6) is 2.22. The smallest absolute Gasteiger partial charge is 0.191 e. The third-order valence-electron chi connectivity index (χ3n) is 4.09. The van der Waals surface area contributed by atoms with Crippen LogP contribution in [0.1, 0.15) is 52.5 Å². The van der Waals surface area contributed by atoms with Crippen molar-refractivity contribution in [2.24, 2.45) is 10.9 Å². The third-order valence-corrected chi connectivity index (χ3v) is 4.09. The summed E-state index contributed by atoms with van der Waals surface area (Å²) in [6, 6.07) is 8.28. The van der Waals surface area contributed by atoms with E-state index in [9.17, 15) is 5.11 Å². The Hall–Kier alpha value is -1.75. The van der Waals surface area contributed by atoms with Crippen molar-refractivity contribution in [1.29, 1.82) is 0 Å². The molecule has 0 spiro atoms. The summed E-state index contributed by atoms with van der Waals surface area (Å²) in [7, 11) is 0. The Morgan fingerprint density at radius 3 is 2.42 bits per heavy atom. The van der Waals surface area contributed by atoms with Crippen molar-refractivity contribution in [1.82, 2.24) is 10.6 Å². The standard InChI is InChI=1S/C21H37N3O2/c1-5-7-19(13-15-25)16-24-21(22-6-2)23-14-12-18-8-10-20(11-9-18)26-17(3)4/h8-11,17,19,25H,5-7,12-16H2,1-4H3,(H2,22,23,24). The number of hydrogen-bond donors (Lipinski definition) is 3. The SMILES string of the molecule is CCCC(CCO)CN=C(NCC)NCCc1ccc(OC(C)C)cc1. The maximum absolute atomic E-state index is 9.18. The molecular weight excluding hydrogens is 326 g/mol. The minimum atomic E-state index is 0.198. The second-order valence-corrected chi connectivity index (χ2v) is 6.87. The van der Waals surface area contributed by atoms with Gasteiger partial charge in [-0.05, 0) is 63.6 Å². The summed E-state index contributed by atoms with van der Waals surface area (Å²) in [5, 5.41) is 15.9. The van der Waals surface area contributed by atoms with Crippen LogP contribution in [0.2, 0.25) is 0 Å². The molecule has 0 amide bonds. The predicted octanol–water partition coefficient (Wildman–Crippen LogP) is 3.37. The summed E-state index contributed by atoms with van der Waals surface area (Å²) in [6.07, 6.45) is 4.18. The Morgan fingerprint density at radius 2 is 1.85 bits per heavy atom. The van der Waals surface area contributed by atoms with Gasteiger partial charge in [-0.3, -0.25) is 4.99 Å². The molecule has 0 fully saturated rings. The van der Waals surface area contributed by atoms with Crippen LogP contribution in [0.5, 0.6) is 5.75 Å². The van der Waals surface area contributed by atoms with Gasteiger partial charge >= 0.3 is 0 Å². The maximum Gasteiger partial charge on any atom is 0.191 e. The number of aliphatic hydroxyl groups excluding tert-OH is 1. The first-order valence-corrected chi connectivity index (χ1v) is 9.97. The van der Waals surface area contributed by atoms with Gasteiger partial charge in [0, 0.05) is 26.2 Å². The molecule has 0 saturated heterocycles. The molecule has 0 aliphatic heterocycles. The highest BCUT2D eigenvalue weighted by atomic mass is 16.5. The van der Waals surface area contributed by atoms with E-state index < -0.39 is 0 Å². The topological polar surface area (TPSA) is 65.9 Å². The minimum absolute atomic E-state index is 0.198. The first-order valence-electron chi connectivity index (χ1n) is 9.97. The Labute approximate surface area is 159 Å². The first kappa shape index (κ1) is 22.3. The fourth-order valence-corrected chi connectivity index (χ4v) is 2.81. The number of aliphatic imine (C=N–C) groups is 1. The van der Waals surface area contributed by atoms with E-state index in [4.69, 9.17) is 9.73 Å². The number of rotatable bonds is 12. The van der Waals surface area contributed by atoms with Crippen LogP contribution in [-0.2, 0) is 6.42 Å². The van der Waals surface area contributed by atoms with Gasteiger partial charge in [-0.1, -0.05) is 25.5 Å². The molecule has 1 unspecified atom stereocenters. The fraction of sp³-hybridized carbons (Fsp3) is 0.667. The maximum atomic E-state index is 9.18. The van der Waals surface area contributed by atoms with Crippen molar-refractivity contribution in [3.05, 3.63) is 29.8 Å². The number of nitrogens with one attached hydrogen (secondary N) is 2. The quantitative estimate of drug-likeness (QED) is 0.393. The second kappa shape index (κ2) is 13.5. The van der Waals surface area contributed by atoms with E-state index in [2.05, 4.69) is 36.6 Å². The molecule has 26 heavy (non-hydrogen) atoms. The molecule has 0 bridgehead atoms. The lowest BCUT2D eigenvalue weighted by atomic mass is 10.0. The van der Waals surface area contributed by atoms with Crippen molar-refractivity contribution < 1.29 is 9.84 Å². The molecule has 5 heteroatoms. The molecule has 5 nitrogen and oxygen atoms in total. The van der Waals surface area contributed by atoms with Crippen LogP contribution in [0, 0.1) is 5.92 Å². The molecular formula is C21H37N3O2. The number of benzene rings is 1. The zero-order chi connectivity index (χ0) is 19.2. The van der Waals surface area contributed by atoms with Gasteiger partial charge in [-0.2, -0.15) is 0 Å². The molecule has 1 aromatic rings. The average Bonchev–Trinajstić information content (AvgIpc) is 2.61. The monoisotopic (exact) mass is 363 g/mol. The van der Waals surface area contributed by atoms with E-state index in [0.717, 1.165) is 57.0 Å². The zero-order valence-electron chi connectivity index (χ0n) is 16.9. The van der Waals surface area contributed by atoms with E-state index >= 15 is 0 Å². The number of hydrogen-bond acceptors (Lipinski definition) is 3. The lowest BCUT2D eigenvalue weighted by Gasteiger charge is -2.15. The number of ether oxygens (including phenoxy) is 1. The van der Waals surface area contributed by atoms with Crippen LogP contribution < -0.4 is 15.4 Å². The van der Waals surface area contributed by atoms with Crippen LogP contribution in [0.4, 0.5) is 0 Å². The lowest BCUT2D eigenvalue weighted by Crippen LogP contribution is -2.38. The van der Waals surface area contributed by atoms with Gasteiger partial charge in [0.1, 0.15) is 5.75 Å². The highest BCUT2D eigenvalue weighted by Crippen LogP contribution is 2.14. The minimum Gasteiger partial charge on any atom is -0.491 e. The van der Waals surface area contributed by atoms with Crippen LogP contribution >= 0.6 is 0 Å². The van der Waals surface area contributed by atoms with Crippen molar-refractivity contribution in [3.8, 4) is 5.75 Å². The van der Waals surface area contributed by atoms with Gasteiger partial charge in [0.2, 0.25) is 0 Å². The summed E-state index contributed by atoms with van der Waals surface area (Å²) < 4.78 is 5.68. The molecule has 0 radical (unpaired) electrons. The third kappa shape index (κ3) is 9.66. The molecule has 0 aromatic heterocycles. The molecule has 0 aliphatic rings. The van der Waals surface area contributed by atoms with Crippen molar-refractivity contribution >= 4 is 5.96 Å². The zero-order valence-corrected chi connectivity index (χ0v) is 16.9. The molecule has 0 heterocycles. The van der Waals surface area contributed by atoms with Gasteiger partial charge in [-0.15, -0.1) is 0 Å². The summed E-state index contributed by atoms with van der Waals surface area (Å²) in [5.41, 5.74) is 1.27. The Morgan fingerprint density at radius 1 is 1.12 bits per heavy atom. The van der Waals surface area contributed by atoms with Crippen molar-refractivity contribution in [3.63, 3.8) is 0 Å². The van der Waals surface area contributed by atoms with E-state index in [-0.39, 0.29) is 12.7 Å². The van der Waals surface area contributed by atoms with Crippen LogP contribution in [-0.4, -0.2) is 43.4 Å². The number of nitrogens with zero attached hydrogens (tertiary/aromatic N) is 1. The van der Waals surface area contributed by atoms with Gasteiger partial charge in [-0.25, -0.2) is 0 Å². The molecule has 1 atom stereocenters. The van der Waals surface area contributed by atoms with Crippen molar-refractivity contribution in [2.45, 2.75) is 59.5 Å². The molecule has 148 valence electrons. The highest BCUT2D eigenvalue weighted by molar-refractivity contribution is 5.79.